The molecule has 1 unspecified atom stereocenters. The molecular formula is C8H15ClN2. The SMILES string of the molecule is CC1(C)CC(C#N)CCN1.Cl. The number of nitrogens with zero attached hydrogens (tertiary/aromatic N) is 1. The van der Waals surface area contributed by atoms with E-state index in [1.807, 2.05) is 0 Å². The van der Waals surface area contributed by atoms with Gasteiger partial charge < -0.3 is 5.32 Å². The highest BCUT2D eigenvalue weighted by Gasteiger charge is 2.26. The van der Waals surface area contributed by atoms with E-state index >= 15 is 0 Å². The normalized spacial score (nSPS) is 28.3. The number of nitrogens with one attached hydrogen (secondary N) is 1. The zero-order valence-electron chi connectivity index (χ0n) is 7.05. The number of rotatable bonds is 0. The maximum Gasteiger partial charge on any atom is 0.0657 e. The topological polar surface area (TPSA) is 35.8 Å². The number of hydrogen-bond donors (Lipinski definition) is 1. The lowest BCUT2D eigenvalue weighted by atomic mass is 9.86. The molecule has 1 rings (SSSR count). The Balaban J connectivity index is 0.000001000. The van der Waals surface area contributed by atoms with Gasteiger partial charge in [0.05, 0.1) is 6.07 Å². The van der Waals surface area contributed by atoms with Crippen LogP contribution in [0.25, 0.3) is 0 Å². The van der Waals surface area contributed by atoms with Crippen LogP contribution >= 0.6 is 12.4 Å². The van der Waals surface area contributed by atoms with E-state index in [2.05, 4.69) is 25.2 Å². The molecule has 3 heteroatoms. The number of nitriles is 1. The fraction of sp³-hybridized carbons (Fsp3) is 0.875. The van der Waals surface area contributed by atoms with Crippen LogP contribution in [-0.2, 0) is 0 Å². The lowest BCUT2D eigenvalue weighted by Gasteiger charge is -2.33. The van der Waals surface area contributed by atoms with Crippen molar-refractivity contribution in [1.82, 2.24) is 5.32 Å². The second-order valence-corrected chi connectivity index (χ2v) is 3.63. The monoisotopic (exact) mass is 174 g/mol. The lowest BCUT2D eigenvalue weighted by Crippen LogP contribution is -2.45. The third kappa shape index (κ3) is 3.09. The highest BCUT2D eigenvalue weighted by molar-refractivity contribution is 5.85. The molecule has 64 valence electrons. The smallest absolute Gasteiger partial charge is 0.0657 e. The van der Waals surface area contributed by atoms with Gasteiger partial charge in [-0.2, -0.15) is 5.26 Å². The molecule has 1 aliphatic rings. The molecule has 0 amide bonds. The maximum absolute atomic E-state index is 8.65. The Morgan fingerprint density at radius 1 is 1.55 bits per heavy atom. The van der Waals surface area contributed by atoms with Gasteiger partial charge in [0.15, 0.2) is 0 Å². The molecule has 0 bridgehead atoms. The molecule has 2 nitrogen and oxygen atoms in total. The number of hydrogen-bond acceptors (Lipinski definition) is 2. The second-order valence-electron chi connectivity index (χ2n) is 3.63. The Hall–Kier alpha value is -0.260. The van der Waals surface area contributed by atoms with E-state index in [9.17, 15) is 0 Å². The minimum atomic E-state index is 0. The van der Waals surface area contributed by atoms with Gasteiger partial charge in [-0.05, 0) is 33.2 Å². The predicted octanol–water partition coefficient (Wildman–Crippen LogP) is 1.71. The van der Waals surface area contributed by atoms with Crippen molar-refractivity contribution in [3.8, 4) is 6.07 Å². The molecule has 0 aromatic carbocycles. The van der Waals surface area contributed by atoms with Crippen molar-refractivity contribution in [3.63, 3.8) is 0 Å². The third-order valence-electron chi connectivity index (χ3n) is 2.04. The van der Waals surface area contributed by atoms with Crippen LogP contribution in [0.15, 0.2) is 0 Å². The van der Waals surface area contributed by atoms with E-state index in [0.717, 1.165) is 19.4 Å². The van der Waals surface area contributed by atoms with Crippen molar-refractivity contribution in [2.24, 2.45) is 5.92 Å². The van der Waals surface area contributed by atoms with Crippen LogP contribution in [0.4, 0.5) is 0 Å². The number of piperidine rings is 1. The molecule has 1 heterocycles. The molecular weight excluding hydrogens is 160 g/mol. The average molecular weight is 175 g/mol. The van der Waals surface area contributed by atoms with E-state index in [-0.39, 0.29) is 23.9 Å². The van der Waals surface area contributed by atoms with Crippen LogP contribution in [0.3, 0.4) is 0 Å². The van der Waals surface area contributed by atoms with Crippen LogP contribution < -0.4 is 5.32 Å². The fourth-order valence-electron chi connectivity index (χ4n) is 1.49. The second kappa shape index (κ2) is 3.94. The molecule has 0 radical (unpaired) electrons. The minimum Gasteiger partial charge on any atom is -0.312 e. The first-order valence-corrected chi connectivity index (χ1v) is 3.79. The van der Waals surface area contributed by atoms with Crippen molar-refractivity contribution < 1.29 is 0 Å². The first kappa shape index (κ1) is 10.7. The standard InChI is InChI=1S/C8H14N2.ClH/c1-8(2)5-7(6-9)3-4-10-8;/h7,10H,3-5H2,1-2H3;1H. The summed E-state index contributed by atoms with van der Waals surface area (Å²) in [5.74, 6) is 0.274. The predicted molar refractivity (Wildman–Crippen MR) is 47.7 cm³/mol. The van der Waals surface area contributed by atoms with E-state index in [4.69, 9.17) is 5.26 Å². The Morgan fingerprint density at radius 2 is 2.18 bits per heavy atom. The Kier molecular flexibility index (Phi) is 3.85. The summed E-state index contributed by atoms with van der Waals surface area (Å²) < 4.78 is 0. The van der Waals surface area contributed by atoms with Crippen LogP contribution in [0, 0.1) is 17.2 Å². The Morgan fingerprint density at radius 3 is 2.55 bits per heavy atom. The van der Waals surface area contributed by atoms with Gasteiger partial charge in [-0.15, -0.1) is 12.4 Å². The van der Waals surface area contributed by atoms with E-state index in [1.54, 1.807) is 0 Å². The molecule has 1 fully saturated rings. The van der Waals surface area contributed by atoms with Crippen molar-refractivity contribution in [3.05, 3.63) is 0 Å². The maximum atomic E-state index is 8.65. The van der Waals surface area contributed by atoms with E-state index < -0.39 is 0 Å². The molecule has 1 N–H and O–H groups in total. The first-order chi connectivity index (χ1) is 4.64. The summed E-state index contributed by atoms with van der Waals surface area (Å²) in [5, 5.41) is 12.0. The van der Waals surface area contributed by atoms with Gasteiger partial charge in [-0.3, -0.25) is 0 Å². The van der Waals surface area contributed by atoms with Gasteiger partial charge >= 0.3 is 0 Å². The van der Waals surface area contributed by atoms with Gasteiger partial charge in [-0.25, -0.2) is 0 Å². The molecule has 1 atom stereocenters. The summed E-state index contributed by atoms with van der Waals surface area (Å²) in [7, 11) is 0. The zero-order chi connectivity index (χ0) is 7.61. The summed E-state index contributed by atoms with van der Waals surface area (Å²) in [6, 6.07) is 2.32. The number of halogens is 1. The van der Waals surface area contributed by atoms with E-state index in [0.29, 0.717) is 0 Å². The molecule has 0 saturated carbocycles. The average Bonchev–Trinajstić information content (AvgIpc) is 1.86. The Labute approximate surface area is 74.4 Å². The lowest BCUT2D eigenvalue weighted by molar-refractivity contribution is 0.265. The summed E-state index contributed by atoms with van der Waals surface area (Å²) in [6.45, 7) is 5.29. The van der Waals surface area contributed by atoms with Crippen LogP contribution in [0.1, 0.15) is 26.7 Å². The minimum absolute atomic E-state index is 0. The summed E-state index contributed by atoms with van der Waals surface area (Å²) in [6.07, 6.45) is 2.00. The van der Waals surface area contributed by atoms with Gasteiger partial charge in [-0.1, -0.05) is 0 Å². The Bertz CT molecular complexity index is 160. The third-order valence-corrected chi connectivity index (χ3v) is 2.04. The quantitative estimate of drug-likeness (QED) is 0.607. The van der Waals surface area contributed by atoms with Crippen LogP contribution in [0.5, 0.6) is 0 Å². The molecule has 11 heavy (non-hydrogen) atoms. The molecule has 0 aromatic rings. The van der Waals surface area contributed by atoms with Crippen molar-refractivity contribution in [2.75, 3.05) is 6.54 Å². The molecule has 1 aliphatic heterocycles. The molecule has 0 aromatic heterocycles. The molecule has 0 aliphatic carbocycles. The first-order valence-electron chi connectivity index (χ1n) is 3.79. The van der Waals surface area contributed by atoms with E-state index in [1.165, 1.54) is 0 Å². The van der Waals surface area contributed by atoms with Gasteiger partial charge in [0.2, 0.25) is 0 Å². The van der Waals surface area contributed by atoms with Crippen molar-refractivity contribution in [1.29, 1.82) is 5.26 Å². The molecule has 0 spiro atoms. The fourth-order valence-corrected chi connectivity index (χ4v) is 1.49. The van der Waals surface area contributed by atoms with Crippen molar-refractivity contribution >= 4 is 12.4 Å². The largest absolute Gasteiger partial charge is 0.312 e. The van der Waals surface area contributed by atoms with Crippen molar-refractivity contribution in [2.45, 2.75) is 32.2 Å². The van der Waals surface area contributed by atoms with Crippen LogP contribution in [-0.4, -0.2) is 12.1 Å². The zero-order valence-corrected chi connectivity index (χ0v) is 7.87. The van der Waals surface area contributed by atoms with Gasteiger partial charge in [0.25, 0.3) is 0 Å². The summed E-state index contributed by atoms with van der Waals surface area (Å²) >= 11 is 0. The summed E-state index contributed by atoms with van der Waals surface area (Å²) in [4.78, 5) is 0. The van der Waals surface area contributed by atoms with Crippen LogP contribution in [0.2, 0.25) is 0 Å². The molecule has 1 saturated heterocycles. The van der Waals surface area contributed by atoms with Gasteiger partial charge in [0.1, 0.15) is 0 Å². The summed E-state index contributed by atoms with van der Waals surface area (Å²) in [5.41, 5.74) is 0.179. The van der Waals surface area contributed by atoms with Gasteiger partial charge in [0, 0.05) is 11.5 Å². The highest BCUT2D eigenvalue weighted by atomic mass is 35.5. The highest BCUT2D eigenvalue weighted by Crippen LogP contribution is 2.22.